The third-order valence-electron chi connectivity index (χ3n) is 2.79. The van der Waals surface area contributed by atoms with Crippen molar-refractivity contribution in [2.45, 2.75) is 40.2 Å². The van der Waals surface area contributed by atoms with Gasteiger partial charge in [0.1, 0.15) is 4.33 Å². The van der Waals surface area contributed by atoms with Crippen LogP contribution in [-0.4, -0.2) is 9.58 Å². The molecule has 0 bridgehead atoms. The van der Waals surface area contributed by atoms with E-state index in [1.54, 1.807) is 11.8 Å². The molecule has 0 saturated heterocycles. The first-order valence-corrected chi connectivity index (χ1v) is 7.81. The molecule has 1 atom stereocenters. The Kier molecular flexibility index (Phi) is 4.51. The predicted octanol–water partition coefficient (Wildman–Crippen LogP) is 5.66. The lowest BCUT2D eigenvalue weighted by atomic mass is 9.99. The summed E-state index contributed by atoms with van der Waals surface area (Å²) in [6, 6.07) is 8.31. The number of hydrogen-bond donors (Lipinski definition) is 0. The van der Waals surface area contributed by atoms with E-state index < -0.39 is 4.33 Å². The van der Waals surface area contributed by atoms with Crippen LogP contribution in [0.15, 0.2) is 33.6 Å². The second-order valence-electron chi connectivity index (χ2n) is 4.07. The summed E-state index contributed by atoms with van der Waals surface area (Å²) in [4.78, 5) is 1.24. The van der Waals surface area contributed by atoms with Gasteiger partial charge < -0.3 is 0 Å². The van der Waals surface area contributed by atoms with Crippen LogP contribution in [0.1, 0.15) is 25.7 Å². The third kappa shape index (κ3) is 3.32. The fraction of sp³-hybridized carbons (Fsp3) is 0.500. The molecule has 0 radical (unpaired) electrons. The summed E-state index contributed by atoms with van der Waals surface area (Å²) in [5.74, 6) is 0. The Labute approximate surface area is 119 Å². The van der Waals surface area contributed by atoms with E-state index in [9.17, 15) is 0 Å². The zero-order valence-corrected chi connectivity index (χ0v) is 12.7. The molecule has 1 aliphatic carbocycles. The van der Waals surface area contributed by atoms with Crippen molar-refractivity contribution in [2.24, 2.45) is 0 Å². The maximum absolute atomic E-state index is 6.35. The molecule has 1 unspecified atom stereocenters. The van der Waals surface area contributed by atoms with Gasteiger partial charge in [0.05, 0.1) is 0 Å². The summed E-state index contributed by atoms with van der Waals surface area (Å²) >= 11 is 17.9. The first kappa shape index (κ1) is 13.1. The van der Waals surface area contributed by atoms with Crippen molar-refractivity contribution in [1.29, 1.82) is 0 Å². The lowest BCUT2D eigenvalue weighted by Crippen LogP contribution is -2.31. The van der Waals surface area contributed by atoms with Crippen LogP contribution in [-0.2, 0) is 0 Å². The highest BCUT2D eigenvalue weighted by molar-refractivity contribution is 9.10. The van der Waals surface area contributed by atoms with Gasteiger partial charge in [0, 0.05) is 14.6 Å². The van der Waals surface area contributed by atoms with E-state index in [-0.39, 0.29) is 0 Å². The highest BCUT2D eigenvalue weighted by Gasteiger charge is 2.37. The van der Waals surface area contributed by atoms with Gasteiger partial charge in [0.25, 0.3) is 0 Å². The molecule has 0 aliphatic heterocycles. The maximum Gasteiger partial charge on any atom is 0.130 e. The van der Waals surface area contributed by atoms with Gasteiger partial charge in [0.15, 0.2) is 0 Å². The van der Waals surface area contributed by atoms with Crippen molar-refractivity contribution < 1.29 is 0 Å². The number of hydrogen-bond acceptors (Lipinski definition) is 1. The lowest BCUT2D eigenvalue weighted by Gasteiger charge is -2.33. The van der Waals surface area contributed by atoms with Crippen LogP contribution in [0, 0.1) is 0 Å². The zero-order chi connectivity index (χ0) is 11.6. The normalized spacial score (nSPS) is 24.3. The van der Waals surface area contributed by atoms with Gasteiger partial charge in [-0.3, -0.25) is 0 Å². The molecule has 0 N–H and O–H groups in total. The van der Waals surface area contributed by atoms with Crippen molar-refractivity contribution in [1.82, 2.24) is 0 Å². The van der Waals surface area contributed by atoms with E-state index in [1.807, 2.05) is 0 Å². The van der Waals surface area contributed by atoms with E-state index in [0.29, 0.717) is 5.25 Å². The van der Waals surface area contributed by atoms with Crippen molar-refractivity contribution in [2.75, 3.05) is 0 Å². The summed E-state index contributed by atoms with van der Waals surface area (Å²) in [6.07, 6.45) is 4.39. The molecule has 1 aliphatic rings. The van der Waals surface area contributed by atoms with Crippen LogP contribution < -0.4 is 0 Å². The van der Waals surface area contributed by atoms with Crippen LogP contribution in [0.2, 0.25) is 0 Å². The SMILES string of the molecule is ClC1(Cl)CCCCC1Sc1ccc(Br)cc1. The molecule has 1 aromatic rings. The summed E-state index contributed by atoms with van der Waals surface area (Å²) in [6.45, 7) is 0. The predicted molar refractivity (Wildman–Crippen MR) is 76.7 cm³/mol. The van der Waals surface area contributed by atoms with E-state index >= 15 is 0 Å². The van der Waals surface area contributed by atoms with Crippen LogP contribution in [0.25, 0.3) is 0 Å². The average Bonchev–Trinajstić information content (AvgIpc) is 2.24. The molecule has 1 fully saturated rings. The summed E-state index contributed by atoms with van der Waals surface area (Å²) in [7, 11) is 0. The minimum atomic E-state index is -0.560. The van der Waals surface area contributed by atoms with Crippen LogP contribution in [0.3, 0.4) is 0 Å². The molecule has 2 rings (SSSR count). The first-order chi connectivity index (χ1) is 7.58. The Balaban J connectivity index is 2.05. The van der Waals surface area contributed by atoms with Crippen LogP contribution in [0.4, 0.5) is 0 Å². The van der Waals surface area contributed by atoms with Gasteiger partial charge in [-0.2, -0.15) is 0 Å². The fourth-order valence-electron chi connectivity index (χ4n) is 1.89. The Morgan fingerprint density at radius 2 is 1.88 bits per heavy atom. The molecule has 0 heterocycles. The van der Waals surface area contributed by atoms with Crippen molar-refractivity contribution >= 4 is 50.9 Å². The monoisotopic (exact) mass is 338 g/mol. The third-order valence-corrected chi connectivity index (χ3v) is 5.95. The molecule has 0 nitrogen and oxygen atoms in total. The number of rotatable bonds is 2. The van der Waals surface area contributed by atoms with Crippen molar-refractivity contribution in [3.63, 3.8) is 0 Å². The molecule has 4 heteroatoms. The number of alkyl halides is 2. The molecule has 16 heavy (non-hydrogen) atoms. The Morgan fingerprint density at radius 3 is 2.50 bits per heavy atom. The second kappa shape index (κ2) is 5.51. The van der Waals surface area contributed by atoms with Crippen LogP contribution >= 0.6 is 50.9 Å². The van der Waals surface area contributed by atoms with Gasteiger partial charge in [0.2, 0.25) is 0 Å². The molecular formula is C12H13BrCl2S. The summed E-state index contributed by atoms with van der Waals surface area (Å²) in [5.41, 5.74) is 0. The minimum absolute atomic E-state index is 0.311. The molecule has 88 valence electrons. The first-order valence-electron chi connectivity index (χ1n) is 5.38. The quantitative estimate of drug-likeness (QED) is 0.626. The number of halogens is 3. The molecule has 1 saturated carbocycles. The van der Waals surface area contributed by atoms with Gasteiger partial charge in [-0.15, -0.1) is 35.0 Å². The zero-order valence-electron chi connectivity index (χ0n) is 8.76. The number of thioether (sulfide) groups is 1. The smallest absolute Gasteiger partial charge is 0.120 e. The summed E-state index contributed by atoms with van der Waals surface area (Å²) in [5, 5.41) is 0.311. The van der Waals surface area contributed by atoms with Gasteiger partial charge in [-0.25, -0.2) is 0 Å². The molecule has 0 amide bonds. The molecule has 1 aromatic carbocycles. The lowest BCUT2D eigenvalue weighted by molar-refractivity contribution is 0.490. The van der Waals surface area contributed by atoms with Crippen LogP contribution in [0.5, 0.6) is 0 Å². The standard InChI is InChI=1S/C12H13BrCl2S/c13-9-4-6-10(7-5-9)16-11-3-1-2-8-12(11,14)15/h4-7,11H,1-3,8H2. The van der Waals surface area contributed by atoms with Gasteiger partial charge in [-0.1, -0.05) is 28.8 Å². The number of benzene rings is 1. The minimum Gasteiger partial charge on any atom is -0.120 e. The molecule has 0 aromatic heterocycles. The Bertz CT molecular complexity index is 351. The second-order valence-corrected chi connectivity index (χ2v) is 7.80. The van der Waals surface area contributed by atoms with Gasteiger partial charge >= 0.3 is 0 Å². The average molecular weight is 340 g/mol. The van der Waals surface area contributed by atoms with E-state index in [4.69, 9.17) is 23.2 Å². The summed E-state index contributed by atoms with van der Waals surface area (Å²) < 4.78 is 0.541. The highest BCUT2D eigenvalue weighted by Crippen LogP contribution is 2.46. The Hall–Kier alpha value is 0.630. The van der Waals surface area contributed by atoms with Crippen molar-refractivity contribution in [3.8, 4) is 0 Å². The van der Waals surface area contributed by atoms with Crippen molar-refractivity contribution in [3.05, 3.63) is 28.7 Å². The van der Waals surface area contributed by atoms with E-state index in [0.717, 1.165) is 23.7 Å². The van der Waals surface area contributed by atoms with E-state index in [1.165, 1.54) is 11.3 Å². The maximum atomic E-state index is 6.35. The molecule has 0 spiro atoms. The molecular weight excluding hydrogens is 327 g/mol. The van der Waals surface area contributed by atoms with E-state index in [2.05, 4.69) is 40.2 Å². The van der Waals surface area contributed by atoms with Gasteiger partial charge in [-0.05, 0) is 37.1 Å². The fourth-order valence-corrected chi connectivity index (χ4v) is 4.10. The largest absolute Gasteiger partial charge is 0.130 e. The highest BCUT2D eigenvalue weighted by atomic mass is 79.9. The Morgan fingerprint density at radius 1 is 1.19 bits per heavy atom. The topological polar surface area (TPSA) is 0 Å².